The van der Waals surface area contributed by atoms with Crippen molar-refractivity contribution in [1.82, 2.24) is 4.57 Å². The van der Waals surface area contributed by atoms with Crippen LogP contribution in [0.15, 0.2) is 65.6 Å². The third kappa shape index (κ3) is 5.78. The van der Waals surface area contributed by atoms with E-state index in [1.54, 1.807) is 50.4 Å². The van der Waals surface area contributed by atoms with E-state index in [2.05, 4.69) is 0 Å². The molecule has 0 bridgehead atoms. The molecule has 0 aliphatic carbocycles. The van der Waals surface area contributed by atoms with Gasteiger partial charge in [0.1, 0.15) is 19.0 Å². The van der Waals surface area contributed by atoms with Crippen LogP contribution in [0.4, 0.5) is 0 Å². The maximum Gasteiger partial charge on any atom is 0.258 e. The largest absolute Gasteiger partial charge is 0.493 e. The molecule has 7 heteroatoms. The topological polar surface area (TPSA) is 69.9 Å². The number of methoxy groups -OCH3 is 1. The van der Waals surface area contributed by atoms with Crippen molar-refractivity contribution in [2.45, 2.75) is 26.1 Å². The maximum absolute atomic E-state index is 12.6. The molecule has 1 aromatic heterocycles. The molecule has 3 aromatic rings. The molecule has 1 N–H and O–H groups in total. The first-order valence-corrected chi connectivity index (χ1v) is 9.76. The lowest BCUT2D eigenvalue weighted by Gasteiger charge is -2.19. The van der Waals surface area contributed by atoms with Crippen molar-refractivity contribution in [1.29, 1.82) is 0 Å². The number of rotatable bonds is 8. The second-order valence-corrected chi connectivity index (χ2v) is 7.86. The highest BCUT2D eigenvalue weighted by Crippen LogP contribution is 2.30. The van der Waals surface area contributed by atoms with Crippen molar-refractivity contribution >= 4 is 11.6 Å². The van der Waals surface area contributed by atoms with E-state index in [4.69, 9.17) is 25.8 Å². The minimum absolute atomic E-state index is 0.112. The fourth-order valence-corrected chi connectivity index (χ4v) is 2.95. The van der Waals surface area contributed by atoms with Crippen molar-refractivity contribution in [2.24, 2.45) is 0 Å². The second kappa shape index (κ2) is 9.24. The Morgan fingerprint density at radius 1 is 1.03 bits per heavy atom. The molecule has 0 saturated carbocycles. The number of aliphatic hydroxyl groups is 1. The van der Waals surface area contributed by atoms with Crippen LogP contribution < -0.4 is 19.8 Å². The van der Waals surface area contributed by atoms with Gasteiger partial charge in [0.25, 0.3) is 5.56 Å². The summed E-state index contributed by atoms with van der Waals surface area (Å²) in [5, 5.41) is 10.5. The van der Waals surface area contributed by atoms with Gasteiger partial charge in [0.2, 0.25) is 0 Å². The summed E-state index contributed by atoms with van der Waals surface area (Å²) in [6.07, 6.45) is 1.64. The number of benzene rings is 2. The molecule has 158 valence electrons. The SMILES string of the molecule is COc1cc(-n2ccc(OCc3cccc(Cl)c3)cc2=O)ccc1OCC(C)(C)O. The lowest BCUT2D eigenvalue weighted by Crippen LogP contribution is -2.28. The number of hydrogen-bond acceptors (Lipinski definition) is 5. The van der Waals surface area contributed by atoms with Gasteiger partial charge in [-0.1, -0.05) is 23.7 Å². The summed E-state index contributed by atoms with van der Waals surface area (Å²) in [4.78, 5) is 12.6. The van der Waals surface area contributed by atoms with Gasteiger partial charge in [-0.3, -0.25) is 9.36 Å². The average Bonchev–Trinajstić information content (AvgIpc) is 2.70. The summed E-state index contributed by atoms with van der Waals surface area (Å²) in [7, 11) is 1.52. The number of halogens is 1. The Morgan fingerprint density at radius 2 is 1.83 bits per heavy atom. The molecule has 0 saturated heterocycles. The first-order valence-electron chi connectivity index (χ1n) is 9.39. The van der Waals surface area contributed by atoms with Crippen LogP contribution in [0, 0.1) is 0 Å². The summed E-state index contributed by atoms with van der Waals surface area (Å²) in [5.41, 5.74) is 0.319. The lowest BCUT2D eigenvalue weighted by molar-refractivity contribution is 0.0276. The van der Waals surface area contributed by atoms with Crippen LogP contribution in [0.3, 0.4) is 0 Å². The molecule has 0 unspecified atom stereocenters. The quantitative estimate of drug-likeness (QED) is 0.580. The monoisotopic (exact) mass is 429 g/mol. The molecule has 6 nitrogen and oxygen atoms in total. The van der Waals surface area contributed by atoms with Crippen molar-refractivity contribution in [2.75, 3.05) is 13.7 Å². The van der Waals surface area contributed by atoms with E-state index >= 15 is 0 Å². The molecular formula is C23H24ClNO5. The Hall–Kier alpha value is -2.96. The summed E-state index contributed by atoms with van der Waals surface area (Å²) in [6.45, 7) is 3.74. The summed E-state index contributed by atoms with van der Waals surface area (Å²) >= 11 is 5.98. The van der Waals surface area contributed by atoms with Crippen molar-refractivity contribution in [3.05, 3.63) is 81.7 Å². The molecule has 0 aliphatic rings. The van der Waals surface area contributed by atoms with Crippen LogP contribution in [0.2, 0.25) is 5.02 Å². The van der Waals surface area contributed by atoms with Crippen LogP contribution >= 0.6 is 11.6 Å². The van der Waals surface area contributed by atoms with Crippen LogP contribution in [-0.2, 0) is 6.61 Å². The zero-order valence-corrected chi connectivity index (χ0v) is 17.8. The summed E-state index contributed by atoms with van der Waals surface area (Å²) in [6, 6.07) is 15.7. The van der Waals surface area contributed by atoms with E-state index < -0.39 is 5.60 Å². The van der Waals surface area contributed by atoms with Gasteiger partial charge < -0.3 is 19.3 Å². The number of pyridine rings is 1. The molecule has 0 atom stereocenters. The predicted molar refractivity (Wildman–Crippen MR) is 116 cm³/mol. The highest BCUT2D eigenvalue weighted by atomic mass is 35.5. The highest BCUT2D eigenvalue weighted by Gasteiger charge is 2.16. The standard InChI is InChI=1S/C23H24ClNO5/c1-23(2,27)15-30-20-8-7-18(12-21(20)28-3)25-10-9-19(13-22(25)26)29-14-16-5-4-6-17(24)11-16/h4-13,27H,14-15H2,1-3H3. The van der Waals surface area contributed by atoms with Gasteiger partial charge in [0, 0.05) is 23.4 Å². The van der Waals surface area contributed by atoms with Crippen LogP contribution in [0.5, 0.6) is 17.2 Å². The normalized spacial score (nSPS) is 11.2. The van der Waals surface area contributed by atoms with Crippen molar-refractivity contribution < 1.29 is 19.3 Å². The van der Waals surface area contributed by atoms with Gasteiger partial charge in [0.05, 0.1) is 18.4 Å². The first kappa shape index (κ1) is 21.7. The van der Waals surface area contributed by atoms with Gasteiger partial charge >= 0.3 is 0 Å². The Morgan fingerprint density at radius 3 is 2.50 bits per heavy atom. The Bertz CT molecular complexity index is 1070. The Balaban J connectivity index is 1.76. The van der Waals surface area contributed by atoms with Crippen molar-refractivity contribution in [3.63, 3.8) is 0 Å². The zero-order chi connectivity index (χ0) is 21.7. The average molecular weight is 430 g/mol. The minimum atomic E-state index is -0.971. The van der Waals surface area contributed by atoms with Gasteiger partial charge in [0.15, 0.2) is 11.5 Å². The fraction of sp³-hybridized carbons (Fsp3) is 0.261. The molecule has 3 rings (SSSR count). The molecule has 0 radical (unpaired) electrons. The van der Waals surface area contributed by atoms with E-state index in [0.29, 0.717) is 34.6 Å². The molecule has 2 aromatic carbocycles. The third-order valence-electron chi connectivity index (χ3n) is 4.19. The molecule has 0 fully saturated rings. The molecular weight excluding hydrogens is 406 g/mol. The minimum Gasteiger partial charge on any atom is -0.493 e. The third-order valence-corrected chi connectivity index (χ3v) is 4.43. The Labute approximate surface area is 180 Å². The van der Waals surface area contributed by atoms with Crippen LogP contribution in [-0.4, -0.2) is 29.0 Å². The number of nitrogens with zero attached hydrogens (tertiary/aromatic N) is 1. The van der Waals surface area contributed by atoms with Crippen LogP contribution in [0.1, 0.15) is 19.4 Å². The van der Waals surface area contributed by atoms with Gasteiger partial charge in [-0.2, -0.15) is 0 Å². The molecule has 0 aliphatic heterocycles. The van der Waals surface area contributed by atoms with E-state index in [-0.39, 0.29) is 12.2 Å². The summed E-state index contributed by atoms with van der Waals surface area (Å²) in [5.74, 6) is 1.41. The van der Waals surface area contributed by atoms with E-state index in [1.165, 1.54) is 17.7 Å². The zero-order valence-electron chi connectivity index (χ0n) is 17.1. The number of hydrogen-bond donors (Lipinski definition) is 1. The maximum atomic E-state index is 12.6. The number of aromatic nitrogens is 1. The molecule has 1 heterocycles. The van der Waals surface area contributed by atoms with E-state index in [9.17, 15) is 9.90 Å². The van der Waals surface area contributed by atoms with Crippen molar-refractivity contribution in [3.8, 4) is 22.9 Å². The highest BCUT2D eigenvalue weighted by molar-refractivity contribution is 6.30. The molecule has 30 heavy (non-hydrogen) atoms. The fourth-order valence-electron chi connectivity index (χ4n) is 2.74. The predicted octanol–water partition coefficient (Wildman–Crippen LogP) is 4.23. The van der Waals surface area contributed by atoms with E-state index in [1.807, 2.05) is 18.2 Å². The van der Waals surface area contributed by atoms with Gasteiger partial charge in [-0.05, 0) is 49.7 Å². The van der Waals surface area contributed by atoms with Crippen LogP contribution in [0.25, 0.3) is 5.69 Å². The molecule has 0 spiro atoms. The number of ether oxygens (including phenoxy) is 3. The van der Waals surface area contributed by atoms with Gasteiger partial charge in [-0.15, -0.1) is 0 Å². The lowest BCUT2D eigenvalue weighted by atomic mass is 10.2. The molecule has 0 amide bonds. The van der Waals surface area contributed by atoms with Gasteiger partial charge in [-0.25, -0.2) is 0 Å². The van der Waals surface area contributed by atoms with E-state index in [0.717, 1.165) is 5.56 Å². The first-order chi connectivity index (χ1) is 14.2. The Kier molecular flexibility index (Phi) is 6.70. The second-order valence-electron chi connectivity index (χ2n) is 7.43. The smallest absolute Gasteiger partial charge is 0.258 e. The summed E-state index contributed by atoms with van der Waals surface area (Å²) < 4.78 is 18.2.